The molecule has 6 rings (SSSR count). The van der Waals surface area contributed by atoms with Crippen LogP contribution < -0.4 is 10.0 Å². The maximum Gasteiger partial charge on any atom is 0.209 e. The molecule has 1 aliphatic rings. The molecule has 0 radical (unpaired) electrons. The molecule has 4 aromatic heterocycles. The van der Waals surface area contributed by atoms with Crippen LogP contribution in [0.4, 0.5) is 4.39 Å². The van der Waals surface area contributed by atoms with Crippen LogP contribution in [-0.4, -0.2) is 52.9 Å². The van der Waals surface area contributed by atoms with Gasteiger partial charge in [0.05, 0.1) is 29.2 Å². The molecule has 0 bridgehead atoms. The summed E-state index contributed by atoms with van der Waals surface area (Å²) in [5.41, 5.74) is 6.85. The average Bonchev–Trinajstić information content (AvgIpc) is 3.51. The maximum atomic E-state index is 14.5. The third kappa shape index (κ3) is 4.85. The predicted octanol–water partition coefficient (Wildman–Crippen LogP) is 3.82. The topological polar surface area (TPSA) is 128 Å². The van der Waals surface area contributed by atoms with Gasteiger partial charge in [0, 0.05) is 35.3 Å². The lowest BCUT2D eigenvalue weighted by molar-refractivity contribution is 0.454. The molecule has 190 valence electrons. The van der Waals surface area contributed by atoms with Gasteiger partial charge in [0.25, 0.3) is 0 Å². The quantitative estimate of drug-likeness (QED) is 0.270. The number of aromatic nitrogens is 5. The summed E-state index contributed by atoms with van der Waals surface area (Å²) >= 11 is 0. The van der Waals surface area contributed by atoms with Gasteiger partial charge in [-0.25, -0.2) is 22.5 Å². The van der Waals surface area contributed by atoms with Gasteiger partial charge in [0.1, 0.15) is 17.0 Å². The number of piperidine rings is 1. The monoisotopic (exact) mass is 519 g/mol. The highest BCUT2D eigenvalue weighted by atomic mass is 32.2. The molecule has 0 unspecified atom stereocenters. The lowest BCUT2D eigenvalue weighted by Gasteiger charge is -2.22. The average molecular weight is 520 g/mol. The van der Waals surface area contributed by atoms with Gasteiger partial charge in [0.15, 0.2) is 0 Å². The molecule has 1 aromatic carbocycles. The number of fused-ring (bicyclic) bond motifs is 2. The van der Waals surface area contributed by atoms with E-state index in [2.05, 4.69) is 36.3 Å². The van der Waals surface area contributed by atoms with E-state index in [0.29, 0.717) is 22.7 Å². The summed E-state index contributed by atoms with van der Waals surface area (Å²) in [7, 11) is -3.41. The summed E-state index contributed by atoms with van der Waals surface area (Å²) in [5, 5.41) is 11.9. The first-order chi connectivity index (χ1) is 17.8. The Balaban J connectivity index is 1.40. The van der Waals surface area contributed by atoms with Crippen molar-refractivity contribution in [2.24, 2.45) is 0 Å². The zero-order chi connectivity index (χ0) is 25.6. The molecule has 1 saturated heterocycles. The molecule has 0 atom stereocenters. The third-order valence-corrected chi connectivity index (χ3v) is 7.46. The van der Waals surface area contributed by atoms with Gasteiger partial charge < -0.3 is 10.3 Å². The predicted molar refractivity (Wildman–Crippen MR) is 141 cm³/mol. The number of benzene rings is 1. The highest BCUT2D eigenvalue weighted by molar-refractivity contribution is 7.88. The molecule has 4 N–H and O–H groups in total. The van der Waals surface area contributed by atoms with Crippen LogP contribution in [0.1, 0.15) is 30.0 Å². The van der Waals surface area contributed by atoms with E-state index in [9.17, 15) is 12.8 Å². The molecule has 1 aliphatic heterocycles. The molecule has 5 aromatic rings. The molecule has 0 aliphatic carbocycles. The largest absolute Gasteiger partial charge is 0.352 e. The summed E-state index contributed by atoms with van der Waals surface area (Å²) in [4.78, 5) is 12.7. The van der Waals surface area contributed by atoms with Crippen LogP contribution in [0.5, 0.6) is 0 Å². The van der Waals surface area contributed by atoms with Gasteiger partial charge in [-0.15, -0.1) is 0 Å². The van der Waals surface area contributed by atoms with Crippen LogP contribution in [0.15, 0.2) is 48.8 Å². The van der Waals surface area contributed by atoms with E-state index < -0.39 is 15.8 Å². The second-order valence-electron chi connectivity index (χ2n) is 9.50. The van der Waals surface area contributed by atoms with Crippen molar-refractivity contribution in [3.8, 4) is 22.5 Å². The molecular formula is C26H26FN7O2S. The fourth-order valence-corrected chi connectivity index (χ4v) is 5.41. The van der Waals surface area contributed by atoms with Crippen LogP contribution in [0, 0.1) is 5.82 Å². The standard InChI is InChI=1S/C26H26FN7O2S/c1-37(35,36)30-12-15-8-17(10-18(27)9-15)20-13-29-14-24-19(20)11-23(31-24)26-25-22(33-34-26)3-2-21(32-25)16-4-6-28-7-5-16/h2-3,8-11,13-14,16,28,30-31H,4-7,12H2,1H3,(H,33,34). The molecule has 0 amide bonds. The first-order valence-electron chi connectivity index (χ1n) is 12.1. The van der Waals surface area contributed by atoms with Crippen LogP contribution in [0.3, 0.4) is 0 Å². The van der Waals surface area contributed by atoms with Crippen molar-refractivity contribution >= 4 is 32.0 Å². The molecular weight excluding hydrogens is 493 g/mol. The zero-order valence-corrected chi connectivity index (χ0v) is 21.0. The molecule has 0 spiro atoms. The molecule has 5 heterocycles. The highest BCUT2D eigenvalue weighted by Crippen LogP contribution is 2.34. The van der Waals surface area contributed by atoms with Crippen molar-refractivity contribution in [3.63, 3.8) is 0 Å². The fraction of sp³-hybridized carbons (Fsp3) is 0.269. The molecule has 0 saturated carbocycles. The Morgan fingerprint density at radius 2 is 1.92 bits per heavy atom. The first kappa shape index (κ1) is 23.7. The Labute approximate surface area is 213 Å². The SMILES string of the molecule is CS(=O)(=O)NCc1cc(F)cc(-c2cncc3[nH]c(-c4n[nH]c5ccc(C6CCNCC6)nc45)cc23)c1. The number of halogens is 1. The van der Waals surface area contributed by atoms with Crippen LogP contribution in [0.25, 0.3) is 44.5 Å². The summed E-state index contributed by atoms with van der Waals surface area (Å²) in [6.07, 6.45) is 6.59. The van der Waals surface area contributed by atoms with Gasteiger partial charge >= 0.3 is 0 Å². The molecule has 37 heavy (non-hydrogen) atoms. The molecule has 9 nitrogen and oxygen atoms in total. The zero-order valence-electron chi connectivity index (χ0n) is 20.2. The van der Waals surface area contributed by atoms with E-state index in [-0.39, 0.29) is 6.54 Å². The van der Waals surface area contributed by atoms with Gasteiger partial charge in [0.2, 0.25) is 10.0 Å². The first-order valence-corrected chi connectivity index (χ1v) is 14.0. The summed E-state index contributed by atoms with van der Waals surface area (Å²) in [6, 6.07) is 10.6. The Morgan fingerprint density at radius 3 is 2.73 bits per heavy atom. The number of hydrogen-bond acceptors (Lipinski definition) is 6. The van der Waals surface area contributed by atoms with Crippen molar-refractivity contribution in [1.82, 2.24) is 35.2 Å². The van der Waals surface area contributed by atoms with E-state index in [4.69, 9.17) is 4.98 Å². The number of nitrogens with zero attached hydrogens (tertiary/aromatic N) is 3. The third-order valence-electron chi connectivity index (χ3n) is 6.79. The number of aromatic amines is 2. The number of sulfonamides is 1. The minimum atomic E-state index is -3.41. The Morgan fingerprint density at radius 1 is 1.08 bits per heavy atom. The van der Waals surface area contributed by atoms with Crippen molar-refractivity contribution in [1.29, 1.82) is 0 Å². The van der Waals surface area contributed by atoms with Crippen molar-refractivity contribution < 1.29 is 12.8 Å². The van der Waals surface area contributed by atoms with Gasteiger partial charge in [-0.05, 0) is 73.5 Å². The molecule has 11 heteroatoms. The van der Waals surface area contributed by atoms with Crippen LogP contribution in [-0.2, 0) is 16.6 Å². The number of nitrogens with one attached hydrogen (secondary N) is 4. The van der Waals surface area contributed by atoms with Crippen molar-refractivity contribution in [2.75, 3.05) is 19.3 Å². The Kier molecular flexibility index (Phi) is 5.98. The number of H-pyrrole nitrogens is 2. The Bertz CT molecular complexity index is 1720. The van der Waals surface area contributed by atoms with Gasteiger partial charge in [-0.1, -0.05) is 0 Å². The number of hydrogen-bond donors (Lipinski definition) is 4. The minimum absolute atomic E-state index is 0.00426. The highest BCUT2D eigenvalue weighted by Gasteiger charge is 2.20. The van der Waals surface area contributed by atoms with Gasteiger partial charge in [-0.2, -0.15) is 5.10 Å². The van der Waals surface area contributed by atoms with Crippen molar-refractivity contribution in [2.45, 2.75) is 25.3 Å². The normalized spacial score (nSPS) is 15.1. The summed E-state index contributed by atoms with van der Waals surface area (Å²) < 4.78 is 39.9. The lowest BCUT2D eigenvalue weighted by Crippen LogP contribution is -2.27. The molecule has 1 fully saturated rings. The maximum absolute atomic E-state index is 14.5. The van der Waals surface area contributed by atoms with Gasteiger partial charge in [-0.3, -0.25) is 10.1 Å². The van der Waals surface area contributed by atoms with E-state index >= 15 is 0 Å². The smallest absolute Gasteiger partial charge is 0.209 e. The Hall–Kier alpha value is -3.67. The fourth-order valence-electron chi connectivity index (χ4n) is 4.98. The van der Waals surface area contributed by atoms with Crippen LogP contribution in [0.2, 0.25) is 0 Å². The lowest BCUT2D eigenvalue weighted by atomic mass is 9.94. The number of rotatable bonds is 6. The summed E-state index contributed by atoms with van der Waals surface area (Å²) in [5.74, 6) is -0.0326. The van der Waals surface area contributed by atoms with Crippen LogP contribution >= 0.6 is 0 Å². The van der Waals surface area contributed by atoms with E-state index in [1.165, 1.54) is 12.1 Å². The van der Waals surface area contributed by atoms with E-state index in [1.807, 2.05) is 12.1 Å². The van der Waals surface area contributed by atoms with E-state index in [0.717, 1.165) is 71.1 Å². The van der Waals surface area contributed by atoms with E-state index in [1.54, 1.807) is 18.5 Å². The minimum Gasteiger partial charge on any atom is -0.352 e. The summed E-state index contributed by atoms with van der Waals surface area (Å²) in [6.45, 7) is 1.98. The van der Waals surface area contributed by atoms with Crippen molar-refractivity contribution in [3.05, 3.63) is 65.9 Å². The second kappa shape index (κ2) is 9.33. The number of pyridine rings is 2. The second-order valence-corrected chi connectivity index (χ2v) is 11.3.